The third-order valence-corrected chi connectivity index (χ3v) is 3.47. The Bertz CT molecular complexity index is 355. The minimum absolute atomic E-state index is 0.790. The molecule has 0 heterocycles. The fourth-order valence-corrected chi connectivity index (χ4v) is 2.19. The van der Waals surface area contributed by atoms with Crippen LogP contribution in [0.3, 0.4) is 0 Å². The first kappa shape index (κ1) is 16.3. The van der Waals surface area contributed by atoms with Crippen molar-refractivity contribution in [3.63, 3.8) is 0 Å². The summed E-state index contributed by atoms with van der Waals surface area (Å²) in [5.41, 5.74) is 1.02. The summed E-state index contributed by atoms with van der Waals surface area (Å²) in [6.45, 7) is 7.59. The maximum Gasteiger partial charge on any atom is 0.0637 e. The molecule has 1 N–H and O–H groups in total. The predicted octanol–water partition coefficient (Wildman–Crippen LogP) is 3.03. The quantitative estimate of drug-likeness (QED) is 0.752. The molecule has 3 nitrogen and oxygen atoms in total. The zero-order valence-corrected chi connectivity index (χ0v) is 13.1. The van der Waals surface area contributed by atoms with E-state index in [1.807, 2.05) is 24.3 Å². The first-order valence-corrected chi connectivity index (χ1v) is 7.36. The van der Waals surface area contributed by atoms with Crippen molar-refractivity contribution < 1.29 is 0 Å². The van der Waals surface area contributed by atoms with Crippen LogP contribution in [0.4, 0.5) is 5.69 Å². The highest BCUT2D eigenvalue weighted by atomic mass is 35.5. The molecule has 108 valence electrons. The maximum absolute atomic E-state index is 6.11. The molecule has 0 aromatic heterocycles. The SMILES string of the molecule is CCN(CCCN(C)C)CCNc1ccccc1Cl. The van der Waals surface area contributed by atoms with Gasteiger partial charge in [-0.25, -0.2) is 0 Å². The highest BCUT2D eigenvalue weighted by molar-refractivity contribution is 6.33. The van der Waals surface area contributed by atoms with Gasteiger partial charge in [-0.15, -0.1) is 0 Å². The van der Waals surface area contributed by atoms with E-state index in [9.17, 15) is 0 Å². The molecule has 0 aliphatic heterocycles. The summed E-state index contributed by atoms with van der Waals surface area (Å²) in [7, 11) is 4.24. The number of anilines is 1. The van der Waals surface area contributed by atoms with Crippen LogP contribution in [0, 0.1) is 0 Å². The van der Waals surface area contributed by atoms with Crippen LogP contribution >= 0.6 is 11.6 Å². The Kier molecular flexibility index (Phi) is 7.87. The Morgan fingerprint density at radius 1 is 1.11 bits per heavy atom. The van der Waals surface area contributed by atoms with Crippen LogP contribution in [0.25, 0.3) is 0 Å². The molecule has 0 spiro atoms. The lowest BCUT2D eigenvalue weighted by Gasteiger charge is -2.22. The third kappa shape index (κ3) is 6.81. The largest absolute Gasteiger partial charge is 0.383 e. The Balaban J connectivity index is 2.24. The van der Waals surface area contributed by atoms with Gasteiger partial charge in [-0.1, -0.05) is 30.7 Å². The highest BCUT2D eigenvalue weighted by Crippen LogP contribution is 2.19. The second kappa shape index (κ2) is 9.18. The second-order valence-electron chi connectivity index (χ2n) is 5.00. The summed E-state index contributed by atoms with van der Waals surface area (Å²) in [5, 5.41) is 4.18. The van der Waals surface area contributed by atoms with Gasteiger partial charge in [-0.3, -0.25) is 0 Å². The van der Waals surface area contributed by atoms with E-state index in [-0.39, 0.29) is 0 Å². The zero-order chi connectivity index (χ0) is 14.1. The summed E-state index contributed by atoms with van der Waals surface area (Å²) in [4.78, 5) is 4.70. The maximum atomic E-state index is 6.11. The molecule has 4 heteroatoms. The van der Waals surface area contributed by atoms with Gasteiger partial charge in [-0.2, -0.15) is 0 Å². The van der Waals surface area contributed by atoms with Crippen LogP contribution in [0.2, 0.25) is 5.02 Å². The number of hydrogen-bond donors (Lipinski definition) is 1. The van der Waals surface area contributed by atoms with Crippen molar-refractivity contribution in [2.24, 2.45) is 0 Å². The Hall–Kier alpha value is -0.770. The first-order valence-electron chi connectivity index (χ1n) is 6.99. The normalized spacial score (nSPS) is 11.3. The molecule has 0 fully saturated rings. The van der Waals surface area contributed by atoms with Crippen LogP contribution in [0.5, 0.6) is 0 Å². The van der Waals surface area contributed by atoms with E-state index in [0.717, 1.165) is 43.4 Å². The smallest absolute Gasteiger partial charge is 0.0637 e. The molecule has 0 aliphatic rings. The minimum atomic E-state index is 0.790. The van der Waals surface area contributed by atoms with Gasteiger partial charge in [0.2, 0.25) is 0 Å². The van der Waals surface area contributed by atoms with Gasteiger partial charge in [-0.05, 0) is 52.3 Å². The summed E-state index contributed by atoms with van der Waals surface area (Å²) >= 11 is 6.11. The number of rotatable bonds is 9. The van der Waals surface area contributed by atoms with E-state index < -0.39 is 0 Å². The third-order valence-electron chi connectivity index (χ3n) is 3.14. The van der Waals surface area contributed by atoms with Crippen LogP contribution in [-0.2, 0) is 0 Å². The van der Waals surface area contributed by atoms with Gasteiger partial charge in [0.15, 0.2) is 0 Å². The van der Waals surface area contributed by atoms with Crippen molar-refractivity contribution >= 4 is 17.3 Å². The van der Waals surface area contributed by atoms with Crippen molar-refractivity contribution in [3.8, 4) is 0 Å². The van der Waals surface area contributed by atoms with Gasteiger partial charge in [0.05, 0.1) is 10.7 Å². The van der Waals surface area contributed by atoms with E-state index in [1.165, 1.54) is 6.42 Å². The zero-order valence-electron chi connectivity index (χ0n) is 12.3. The van der Waals surface area contributed by atoms with Crippen molar-refractivity contribution in [2.75, 3.05) is 52.1 Å². The molecule has 0 aliphatic carbocycles. The molecule has 19 heavy (non-hydrogen) atoms. The summed E-state index contributed by atoms with van der Waals surface area (Å²) in [6.07, 6.45) is 1.22. The number of nitrogens with one attached hydrogen (secondary N) is 1. The van der Waals surface area contributed by atoms with E-state index in [0.29, 0.717) is 0 Å². The van der Waals surface area contributed by atoms with Crippen LogP contribution in [0.1, 0.15) is 13.3 Å². The molecule has 0 atom stereocenters. The molecule has 0 radical (unpaired) electrons. The van der Waals surface area contributed by atoms with Gasteiger partial charge >= 0.3 is 0 Å². The lowest BCUT2D eigenvalue weighted by Crippen LogP contribution is -2.31. The molecule has 0 amide bonds. The number of benzene rings is 1. The number of hydrogen-bond acceptors (Lipinski definition) is 3. The molecule has 0 saturated carbocycles. The van der Waals surface area contributed by atoms with Gasteiger partial charge in [0.25, 0.3) is 0 Å². The van der Waals surface area contributed by atoms with Crippen molar-refractivity contribution in [2.45, 2.75) is 13.3 Å². The van der Waals surface area contributed by atoms with E-state index in [4.69, 9.17) is 11.6 Å². The molecule has 1 aromatic rings. The van der Waals surface area contributed by atoms with Crippen molar-refractivity contribution in [3.05, 3.63) is 29.3 Å². The van der Waals surface area contributed by atoms with Crippen molar-refractivity contribution in [1.82, 2.24) is 9.80 Å². The predicted molar refractivity (Wildman–Crippen MR) is 85.2 cm³/mol. The fraction of sp³-hybridized carbons (Fsp3) is 0.600. The van der Waals surface area contributed by atoms with E-state index in [2.05, 4.69) is 36.1 Å². The molecule has 0 saturated heterocycles. The summed E-state index contributed by atoms with van der Waals surface area (Å²) in [6, 6.07) is 7.89. The molecule has 1 rings (SSSR count). The van der Waals surface area contributed by atoms with Crippen molar-refractivity contribution in [1.29, 1.82) is 0 Å². The number of halogens is 1. The monoisotopic (exact) mass is 283 g/mol. The van der Waals surface area contributed by atoms with E-state index >= 15 is 0 Å². The lowest BCUT2D eigenvalue weighted by molar-refractivity contribution is 0.275. The van der Waals surface area contributed by atoms with Gasteiger partial charge in [0.1, 0.15) is 0 Å². The Morgan fingerprint density at radius 2 is 1.84 bits per heavy atom. The highest BCUT2D eigenvalue weighted by Gasteiger charge is 2.03. The lowest BCUT2D eigenvalue weighted by atomic mass is 10.3. The van der Waals surface area contributed by atoms with Gasteiger partial charge < -0.3 is 15.1 Å². The second-order valence-corrected chi connectivity index (χ2v) is 5.40. The molecule has 0 unspecified atom stereocenters. The number of likely N-dealkylation sites (N-methyl/N-ethyl adjacent to an activating group) is 1. The average Bonchev–Trinajstić information content (AvgIpc) is 2.38. The standard InChI is InChI=1S/C15H26ClN3/c1-4-19(12-7-11-18(2)3)13-10-17-15-9-6-5-8-14(15)16/h5-6,8-9,17H,4,7,10-13H2,1-3H3. The molecular formula is C15H26ClN3. The Labute approximate surface area is 122 Å². The van der Waals surface area contributed by atoms with Gasteiger partial charge in [0, 0.05) is 13.1 Å². The Morgan fingerprint density at radius 3 is 2.47 bits per heavy atom. The van der Waals surface area contributed by atoms with Crippen LogP contribution in [0.15, 0.2) is 24.3 Å². The summed E-state index contributed by atoms with van der Waals surface area (Å²) < 4.78 is 0. The van der Waals surface area contributed by atoms with E-state index in [1.54, 1.807) is 0 Å². The molecule has 1 aromatic carbocycles. The molecular weight excluding hydrogens is 258 g/mol. The topological polar surface area (TPSA) is 18.5 Å². The fourth-order valence-electron chi connectivity index (χ4n) is 1.99. The number of para-hydroxylation sites is 1. The first-order chi connectivity index (χ1) is 9.13. The average molecular weight is 284 g/mol. The summed E-state index contributed by atoms with van der Waals surface area (Å²) in [5.74, 6) is 0. The minimum Gasteiger partial charge on any atom is -0.383 e. The van der Waals surface area contributed by atoms with Crippen LogP contribution < -0.4 is 5.32 Å². The molecule has 0 bridgehead atoms. The number of nitrogens with zero attached hydrogens (tertiary/aromatic N) is 2. The van der Waals surface area contributed by atoms with Crippen LogP contribution in [-0.4, -0.2) is 56.6 Å².